The van der Waals surface area contributed by atoms with Crippen LogP contribution >= 0.6 is 0 Å². The molecule has 2 N–H and O–H groups in total. The Morgan fingerprint density at radius 3 is 2.87 bits per heavy atom. The number of carbonyl (C=O) groups excluding carboxylic acids is 1. The summed E-state index contributed by atoms with van der Waals surface area (Å²) in [7, 11) is -2.62. The average molecular weight is 442 g/mol. The summed E-state index contributed by atoms with van der Waals surface area (Å²) in [6, 6.07) is -10.9. The zero-order valence-electron chi connectivity index (χ0n) is 39.5. The van der Waals surface area contributed by atoms with Crippen molar-refractivity contribution in [3.05, 3.63) is 23.2 Å². The first-order valence-corrected chi connectivity index (χ1v) is 8.87. The van der Waals surface area contributed by atoms with E-state index in [2.05, 4.69) is 0 Å². The summed E-state index contributed by atoms with van der Waals surface area (Å²) in [5.74, 6) is -13.3. The van der Waals surface area contributed by atoms with Gasteiger partial charge in [-0.25, -0.2) is 0 Å². The highest BCUT2D eigenvalue weighted by Gasteiger charge is 2.41. The van der Waals surface area contributed by atoms with Crippen LogP contribution in [0, 0.1) is 17.7 Å². The molecule has 6 nitrogen and oxygen atoms in total. The number of ether oxygens (including phenoxy) is 3. The quantitative estimate of drug-likeness (QED) is 0.652. The van der Waals surface area contributed by atoms with Crippen molar-refractivity contribution in [2.75, 3.05) is 27.1 Å². The Morgan fingerprint density at radius 1 is 1.43 bits per heavy atom. The molecule has 4 atom stereocenters. The molecule has 30 heavy (non-hydrogen) atoms. The van der Waals surface area contributed by atoms with Gasteiger partial charge in [0.05, 0.1) is 23.7 Å². The third-order valence-corrected chi connectivity index (χ3v) is 4.17. The second-order valence-corrected chi connectivity index (χ2v) is 6.84. The minimum Gasteiger partial charge on any atom is -0.493 e. The zero-order chi connectivity index (χ0) is 42.1. The van der Waals surface area contributed by atoms with Crippen LogP contribution in [0.2, 0.25) is 0 Å². The highest BCUT2D eigenvalue weighted by molar-refractivity contribution is 5.76. The third kappa shape index (κ3) is 4.75. The van der Waals surface area contributed by atoms with Crippen LogP contribution in [0.3, 0.4) is 0 Å². The predicted octanol–water partition coefficient (Wildman–Crippen LogP) is 3.56. The van der Waals surface area contributed by atoms with Crippen LogP contribution in [-0.2, 0) is 15.9 Å². The van der Waals surface area contributed by atoms with E-state index in [0.717, 1.165) is 7.11 Å². The number of hydrogen-bond donors (Lipinski definition) is 1. The molecular weight excluding hydrogens is 380 g/mol. The number of rotatable bonds is 7. The molecule has 2 aliphatic heterocycles. The first-order valence-electron chi connectivity index (χ1n) is 20.4. The number of nitrogens with zero attached hydrogens (tertiary/aromatic N) is 1. The van der Waals surface area contributed by atoms with Crippen molar-refractivity contribution in [3.8, 4) is 11.5 Å². The minimum absolute atomic E-state index is 0.381. The van der Waals surface area contributed by atoms with E-state index >= 15 is 0 Å². The number of hydrogen-bond acceptors (Lipinski definition) is 6. The fourth-order valence-electron chi connectivity index (χ4n) is 2.83. The molecule has 0 saturated carbocycles. The van der Waals surface area contributed by atoms with Crippen molar-refractivity contribution < 1.29 is 50.5 Å². The molecule has 1 aromatic rings. The summed E-state index contributed by atoms with van der Waals surface area (Å²) in [6.45, 7) is -13.3. The molecule has 1 saturated heterocycles. The van der Waals surface area contributed by atoms with Gasteiger partial charge in [-0.3, -0.25) is 9.69 Å². The maximum absolute atomic E-state index is 13.8. The van der Waals surface area contributed by atoms with Crippen LogP contribution in [0.15, 0.2) is 12.1 Å². The molecule has 0 aromatic heterocycles. The summed E-state index contributed by atoms with van der Waals surface area (Å²) in [6.07, 6.45) is -11.9. The van der Waals surface area contributed by atoms with E-state index in [0.29, 0.717) is 0 Å². The number of nitrogens with two attached hydrogens (primary N) is 1. The van der Waals surface area contributed by atoms with Gasteiger partial charge in [-0.15, -0.1) is 0 Å². The molecule has 1 aromatic carbocycles. The SMILES string of the molecule is [2H]c1c(OC)c(OC([2H])([2H])[2H])c([2H])c2c1C([2H])([2H])C([2H])([2H])N1C([2H])([2H])C([2H])(CC(C)C)C(OC(=O)[C@@]([2H])(N)C([2H])(C([2H])([2H])[2H])C([2H])([2H])[2H])C([2H])([2H])C21[2H]. The van der Waals surface area contributed by atoms with Gasteiger partial charge in [0.2, 0.25) is 0 Å². The molecule has 0 radical (unpaired) electrons. The highest BCUT2D eigenvalue weighted by Crippen LogP contribution is 2.44. The summed E-state index contributed by atoms with van der Waals surface area (Å²) < 4.78 is 210. The van der Waals surface area contributed by atoms with E-state index in [9.17, 15) is 13.0 Å². The lowest BCUT2D eigenvalue weighted by molar-refractivity contribution is -0.160. The second-order valence-electron chi connectivity index (χ2n) is 6.84. The number of methoxy groups -OCH3 is 2. The van der Waals surface area contributed by atoms with Crippen molar-refractivity contribution in [1.29, 1.82) is 0 Å². The third-order valence-electron chi connectivity index (χ3n) is 4.17. The molecule has 0 spiro atoms. The van der Waals surface area contributed by atoms with Crippen LogP contribution in [0.4, 0.5) is 0 Å². The molecule has 0 bridgehead atoms. The average Bonchev–Trinajstić information content (AvgIpc) is 2.92. The first kappa shape index (κ1) is 7.38. The molecule has 2 heterocycles. The number of piperidine rings is 1. The molecule has 3 unspecified atom stereocenters. The molecule has 3 rings (SSSR count). The minimum atomic E-state index is -4.24. The van der Waals surface area contributed by atoms with Gasteiger partial charge in [0.25, 0.3) is 0 Å². The van der Waals surface area contributed by atoms with E-state index in [4.69, 9.17) is 43.2 Å². The Labute approximate surface area is 213 Å². The lowest BCUT2D eigenvalue weighted by Crippen LogP contribution is -2.51. The molecular formula is C24H38N2O4. The fourth-order valence-corrected chi connectivity index (χ4v) is 2.83. The molecule has 0 amide bonds. The van der Waals surface area contributed by atoms with Crippen LogP contribution in [0.5, 0.6) is 11.5 Å². The van der Waals surface area contributed by atoms with Gasteiger partial charge in [-0.2, -0.15) is 0 Å². The van der Waals surface area contributed by atoms with Crippen LogP contribution in [0.1, 0.15) is 89.0 Å². The Morgan fingerprint density at radius 2 is 2.20 bits per heavy atom. The van der Waals surface area contributed by atoms with Crippen molar-refractivity contribution in [2.45, 2.75) is 64.9 Å². The molecule has 6 heteroatoms. The van der Waals surface area contributed by atoms with Gasteiger partial charge in [-0.1, -0.05) is 27.6 Å². The Hall–Kier alpha value is -1.79. The van der Waals surface area contributed by atoms with Crippen LogP contribution in [-0.4, -0.2) is 50.1 Å². The number of carbonyl (C=O) groups is 1. The molecule has 0 aliphatic carbocycles. The summed E-state index contributed by atoms with van der Waals surface area (Å²) >= 11 is 0. The molecule has 1 fully saturated rings. The maximum atomic E-state index is 13.8. The lowest BCUT2D eigenvalue weighted by atomic mass is 9.79. The van der Waals surface area contributed by atoms with Gasteiger partial charge >= 0.3 is 5.97 Å². The Kier molecular flexibility index (Phi) is 2.35. The smallest absolute Gasteiger partial charge is 0.323 e. The van der Waals surface area contributed by atoms with Crippen LogP contribution < -0.4 is 15.2 Å². The molecule has 168 valence electrons. The van der Waals surface area contributed by atoms with Gasteiger partial charge in [0.1, 0.15) is 12.1 Å². The van der Waals surface area contributed by atoms with Gasteiger partial charge < -0.3 is 19.9 Å². The standard InChI is InChI=1S/C24H38N2O4/c1-14(2)9-17-13-26-8-7-16-10-21(28-5)22(29-6)11-18(16)19(26)12-20(17)30-24(27)23(25)15(3)4/h10-11,14-15,17,19-20,23H,7-9,12-13,25H2,1-6H3/t17?,19?,20?,23-/m0/s1/i3D3,4D3,6D3,7D2,8D2,10D,11D,12D2,13D2,15D,17D,19D,23D. The van der Waals surface area contributed by atoms with E-state index in [-0.39, 0.29) is 4.90 Å². The van der Waals surface area contributed by atoms with Gasteiger partial charge in [0, 0.05) is 53.2 Å². The van der Waals surface area contributed by atoms with E-state index < -0.39 is 129 Å². The summed E-state index contributed by atoms with van der Waals surface area (Å²) in [5.41, 5.74) is 2.88. The lowest BCUT2D eigenvalue weighted by Gasteiger charge is -2.47. The number of benzene rings is 1. The van der Waals surface area contributed by atoms with Gasteiger partial charge in [0.15, 0.2) is 11.5 Å². The Bertz CT molecular complexity index is 1620. The van der Waals surface area contributed by atoms with E-state index in [1.165, 1.54) is 13.8 Å². The van der Waals surface area contributed by atoms with E-state index in [1.54, 1.807) is 0 Å². The molecule has 2 aliphatic rings. The van der Waals surface area contributed by atoms with Crippen molar-refractivity contribution >= 4 is 5.97 Å². The zero-order valence-corrected chi connectivity index (χ0v) is 16.5. The van der Waals surface area contributed by atoms with Gasteiger partial charge in [-0.05, 0) is 47.8 Å². The largest absolute Gasteiger partial charge is 0.493 e. The van der Waals surface area contributed by atoms with Crippen molar-refractivity contribution in [2.24, 2.45) is 23.4 Å². The van der Waals surface area contributed by atoms with Crippen molar-refractivity contribution in [1.82, 2.24) is 4.90 Å². The first-order chi connectivity index (χ1) is 23.2. The maximum Gasteiger partial charge on any atom is 0.323 e. The fraction of sp³-hybridized carbons (Fsp3) is 0.708. The van der Waals surface area contributed by atoms with E-state index in [1.807, 2.05) is 0 Å². The Balaban J connectivity index is 2.62. The number of fused-ring (bicyclic) bond motifs is 3. The normalized spacial score (nSPS) is 50.4. The number of esters is 1. The van der Waals surface area contributed by atoms with Crippen molar-refractivity contribution in [3.63, 3.8) is 0 Å². The summed E-state index contributed by atoms with van der Waals surface area (Å²) in [4.78, 5) is 13.4. The van der Waals surface area contributed by atoms with Crippen LogP contribution in [0.25, 0.3) is 0 Å². The topological polar surface area (TPSA) is 74.0 Å². The second kappa shape index (κ2) is 9.56. The summed E-state index contributed by atoms with van der Waals surface area (Å²) in [5, 5.41) is 0. The predicted molar refractivity (Wildman–Crippen MR) is 118 cm³/mol. The monoisotopic (exact) mass is 441 g/mol. The highest BCUT2D eigenvalue weighted by atomic mass is 16.5.